The van der Waals surface area contributed by atoms with Gasteiger partial charge in [0.15, 0.2) is 11.5 Å². The van der Waals surface area contributed by atoms with Gasteiger partial charge in [-0.05, 0) is 32.4 Å². The molecule has 1 aliphatic heterocycles. The van der Waals surface area contributed by atoms with Crippen molar-refractivity contribution in [3.63, 3.8) is 0 Å². The standard InChI is InChI=1S/C12H17NO2/c1-12(7-4-8-13-12)9-5-3-6-10(14)11(9)15-2/h3,5-6,13-14H,4,7-8H2,1-2H3. The fourth-order valence-electron chi connectivity index (χ4n) is 2.30. The molecule has 3 nitrogen and oxygen atoms in total. The summed E-state index contributed by atoms with van der Waals surface area (Å²) in [5.41, 5.74) is 0.979. The van der Waals surface area contributed by atoms with E-state index in [0.717, 1.165) is 24.9 Å². The molecule has 1 fully saturated rings. The average Bonchev–Trinajstić information content (AvgIpc) is 2.66. The molecule has 0 radical (unpaired) electrons. The van der Waals surface area contributed by atoms with E-state index in [0.29, 0.717) is 5.75 Å². The summed E-state index contributed by atoms with van der Waals surface area (Å²) in [6, 6.07) is 5.52. The average molecular weight is 207 g/mol. The molecule has 1 saturated heterocycles. The molecular weight excluding hydrogens is 190 g/mol. The number of ether oxygens (including phenoxy) is 1. The number of rotatable bonds is 2. The predicted octanol–water partition coefficient (Wildman–Crippen LogP) is 2.00. The first-order valence-electron chi connectivity index (χ1n) is 5.29. The Hall–Kier alpha value is -1.22. The van der Waals surface area contributed by atoms with Gasteiger partial charge < -0.3 is 15.2 Å². The third kappa shape index (κ3) is 1.67. The Labute approximate surface area is 90.1 Å². The Morgan fingerprint density at radius 1 is 1.47 bits per heavy atom. The summed E-state index contributed by atoms with van der Waals surface area (Å²) >= 11 is 0. The van der Waals surface area contributed by atoms with Gasteiger partial charge in [-0.1, -0.05) is 12.1 Å². The number of nitrogens with one attached hydrogen (secondary N) is 1. The lowest BCUT2D eigenvalue weighted by Crippen LogP contribution is -2.33. The highest BCUT2D eigenvalue weighted by atomic mass is 16.5. The van der Waals surface area contributed by atoms with Crippen molar-refractivity contribution in [2.45, 2.75) is 25.3 Å². The minimum Gasteiger partial charge on any atom is -0.504 e. The largest absolute Gasteiger partial charge is 0.504 e. The van der Waals surface area contributed by atoms with Crippen LogP contribution in [0.5, 0.6) is 11.5 Å². The van der Waals surface area contributed by atoms with Crippen LogP contribution in [0.2, 0.25) is 0 Å². The highest BCUT2D eigenvalue weighted by Gasteiger charge is 2.33. The topological polar surface area (TPSA) is 41.5 Å². The normalized spacial score (nSPS) is 25.5. The SMILES string of the molecule is COc1c(O)cccc1C1(C)CCCN1. The third-order valence-corrected chi connectivity index (χ3v) is 3.16. The fourth-order valence-corrected chi connectivity index (χ4v) is 2.30. The molecule has 2 N–H and O–H groups in total. The molecule has 0 spiro atoms. The maximum absolute atomic E-state index is 9.71. The number of benzene rings is 1. The van der Waals surface area contributed by atoms with Crippen molar-refractivity contribution in [1.82, 2.24) is 5.32 Å². The first-order chi connectivity index (χ1) is 7.17. The second-order valence-electron chi connectivity index (χ2n) is 4.22. The Morgan fingerprint density at radius 3 is 2.87 bits per heavy atom. The van der Waals surface area contributed by atoms with Gasteiger partial charge in [0.05, 0.1) is 7.11 Å². The lowest BCUT2D eigenvalue weighted by Gasteiger charge is -2.27. The van der Waals surface area contributed by atoms with E-state index in [-0.39, 0.29) is 11.3 Å². The number of methoxy groups -OCH3 is 1. The molecule has 0 bridgehead atoms. The number of para-hydroxylation sites is 1. The van der Waals surface area contributed by atoms with Crippen LogP contribution in [-0.2, 0) is 5.54 Å². The molecule has 3 heteroatoms. The second kappa shape index (κ2) is 3.74. The van der Waals surface area contributed by atoms with Gasteiger partial charge in [-0.2, -0.15) is 0 Å². The van der Waals surface area contributed by atoms with Crippen LogP contribution in [-0.4, -0.2) is 18.8 Å². The van der Waals surface area contributed by atoms with E-state index in [1.54, 1.807) is 13.2 Å². The van der Waals surface area contributed by atoms with Crippen molar-refractivity contribution < 1.29 is 9.84 Å². The molecule has 0 saturated carbocycles. The second-order valence-corrected chi connectivity index (χ2v) is 4.22. The van der Waals surface area contributed by atoms with Crippen LogP contribution >= 0.6 is 0 Å². The molecule has 1 unspecified atom stereocenters. The molecule has 1 aliphatic rings. The molecule has 1 aromatic rings. The zero-order valence-electron chi connectivity index (χ0n) is 9.21. The number of aromatic hydroxyl groups is 1. The van der Waals surface area contributed by atoms with Crippen molar-refractivity contribution in [2.24, 2.45) is 0 Å². The van der Waals surface area contributed by atoms with Gasteiger partial charge in [-0.25, -0.2) is 0 Å². The number of hydrogen-bond donors (Lipinski definition) is 2. The highest BCUT2D eigenvalue weighted by Crippen LogP contribution is 2.40. The van der Waals surface area contributed by atoms with Crippen molar-refractivity contribution in [2.75, 3.05) is 13.7 Å². The van der Waals surface area contributed by atoms with Gasteiger partial charge in [0.2, 0.25) is 0 Å². The lowest BCUT2D eigenvalue weighted by atomic mass is 9.89. The van der Waals surface area contributed by atoms with Gasteiger partial charge >= 0.3 is 0 Å². The van der Waals surface area contributed by atoms with Gasteiger partial charge in [0, 0.05) is 11.1 Å². The van der Waals surface area contributed by atoms with Gasteiger partial charge in [0.25, 0.3) is 0 Å². The highest BCUT2D eigenvalue weighted by molar-refractivity contribution is 5.49. The maximum Gasteiger partial charge on any atom is 0.165 e. The Balaban J connectivity index is 2.47. The van der Waals surface area contributed by atoms with E-state index in [4.69, 9.17) is 4.74 Å². The Bertz CT molecular complexity index is 357. The van der Waals surface area contributed by atoms with E-state index in [9.17, 15) is 5.11 Å². The molecule has 15 heavy (non-hydrogen) atoms. The van der Waals surface area contributed by atoms with E-state index < -0.39 is 0 Å². The van der Waals surface area contributed by atoms with Crippen LogP contribution in [0.4, 0.5) is 0 Å². The zero-order chi connectivity index (χ0) is 10.9. The Morgan fingerprint density at radius 2 is 2.27 bits per heavy atom. The summed E-state index contributed by atoms with van der Waals surface area (Å²) in [4.78, 5) is 0. The van der Waals surface area contributed by atoms with Crippen LogP contribution in [0.3, 0.4) is 0 Å². The van der Waals surface area contributed by atoms with Crippen LogP contribution in [0, 0.1) is 0 Å². The molecule has 0 aromatic heterocycles. The molecule has 2 rings (SSSR count). The molecule has 82 valence electrons. The Kier molecular flexibility index (Phi) is 2.57. The zero-order valence-corrected chi connectivity index (χ0v) is 9.21. The van der Waals surface area contributed by atoms with Crippen LogP contribution in [0.25, 0.3) is 0 Å². The van der Waals surface area contributed by atoms with Crippen LogP contribution in [0.1, 0.15) is 25.3 Å². The van der Waals surface area contributed by atoms with Gasteiger partial charge in [-0.15, -0.1) is 0 Å². The number of phenolic OH excluding ortho intramolecular Hbond substituents is 1. The lowest BCUT2D eigenvalue weighted by molar-refractivity contribution is 0.344. The van der Waals surface area contributed by atoms with Crippen molar-refractivity contribution in [3.8, 4) is 11.5 Å². The number of hydrogen-bond acceptors (Lipinski definition) is 3. The van der Waals surface area contributed by atoms with E-state index >= 15 is 0 Å². The summed E-state index contributed by atoms with van der Waals surface area (Å²) in [6.07, 6.45) is 2.24. The summed E-state index contributed by atoms with van der Waals surface area (Å²) in [7, 11) is 1.59. The molecule has 0 aliphatic carbocycles. The number of phenols is 1. The summed E-state index contributed by atoms with van der Waals surface area (Å²) < 4.78 is 5.26. The minimum absolute atomic E-state index is 0.0654. The summed E-state index contributed by atoms with van der Waals surface area (Å²) in [5, 5.41) is 13.2. The summed E-state index contributed by atoms with van der Waals surface area (Å²) in [6.45, 7) is 3.17. The first kappa shape index (κ1) is 10.3. The molecule has 1 atom stereocenters. The molecule has 1 aromatic carbocycles. The minimum atomic E-state index is -0.0654. The van der Waals surface area contributed by atoms with E-state index in [2.05, 4.69) is 12.2 Å². The van der Waals surface area contributed by atoms with Crippen molar-refractivity contribution in [1.29, 1.82) is 0 Å². The molecule has 1 heterocycles. The first-order valence-corrected chi connectivity index (χ1v) is 5.29. The van der Waals surface area contributed by atoms with Crippen LogP contribution in [0.15, 0.2) is 18.2 Å². The smallest absolute Gasteiger partial charge is 0.165 e. The van der Waals surface area contributed by atoms with E-state index in [1.807, 2.05) is 12.1 Å². The fraction of sp³-hybridized carbons (Fsp3) is 0.500. The van der Waals surface area contributed by atoms with Crippen molar-refractivity contribution in [3.05, 3.63) is 23.8 Å². The summed E-state index contributed by atoms with van der Waals surface area (Å²) in [5.74, 6) is 0.805. The monoisotopic (exact) mass is 207 g/mol. The maximum atomic E-state index is 9.71. The van der Waals surface area contributed by atoms with Gasteiger partial charge in [0.1, 0.15) is 0 Å². The molecular formula is C12H17NO2. The quantitative estimate of drug-likeness (QED) is 0.779. The van der Waals surface area contributed by atoms with Crippen LogP contribution < -0.4 is 10.1 Å². The third-order valence-electron chi connectivity index (χ3n) is 3.16. The van der Waals surface area contributed by atoms with Gasteiger partial charge in [-0.3, -0.25) is 0 Å². The van der Waals surface area contributed by atoms with E-state index in [1.165, 1.54) is 0 Å². The predicted molar refractivity (Wildman–Crippen MR) is 59.2 cm³/mol. The molecule has 0 amide bonds. The van der Waals surface area contributed by atoms with Crippen molar-refractivity contribution >= 4 is 0 Å².